The molecule has 0 bridgehead atoms. The first-order valence-corrected chi connectivity index (χ1v) is 9.91. The van der Waals surface area contributed by atoms with Crippen LogP contribution in [0, 0.1) is 6.92 Å². The molecule has 27 heavy (non-hydrogen) atoms. The minimum atomic E-state index is 0. The van der Waals surface area contributed by atoms with Gasteiger partial charge < -0.3 is 5.32 Å². The van der Waals surface area contributed by atoms with E-state index in [0.29, 0.717) is 0 Å². The normalized spacial score (nSPS) is 18.3. The van der Waals surface area contributed by atoms with E-state index >= 15 is 0 Å². The number of aryl methyl sites for hydroxylation is 1. The number of aliphatic imine (C=N–C) groups is 1. The summed E-state index contributed by atoms with van der Waals surface area (Å²) in [4.78, 5) is 5.02. The van der Waals surface area contributed by atoms with Gasteiger partial charge in [0, 0.05) is 5.75 Å². The highest BCUT2D eigenvalue weighted by Gasteiger charge is 2.31. The van der Waals surface area contributed by atoms with Crippen molar-refractivity contribution >= 4 is 29.3 Å². The van der Waals surface area contributed by atoms with Gasteiger partial charge in [-0.1, -0.05) is 102 Å². The third-order valence-electron chi connectivity index (χ3n) is 4.61. The van der Waals surface area contributed by atoms with Crippen molar-refractivity contribution in [2.24, 2.45) is 4.99 Å². The number of halogens is 1. The second-order valence-electron chi connectivity index (χ2n) is 6.60. The fraction of sp³-hybridized carbons (Fsp3) is 0.174. The Balaban J connectivity index is 0.00000210. The number of benzene rings is 3. The lowest BCUT2D eigenvalue weighted by atomic mass is 9.95. The van der Waals surface area contributed by atoms with E-state index < -0.39 is 0 Å². The molecule has 1 aliphatic rings. The highest BCUT2D eigenvalue weighted by molar-refractivity contribution is 8.13. The summed E-state index contributed by atoms with van der Waals surface area (Å²) in [6.07, 6.45) is 0. The molecule has 0 saturated carbocycles. The maximum atomic E-state index is 5.02. The lowest BCUT2D eigenvalue weighted by molar-refractivity contribution is 0.573. The van der Waals surface area contributed by atoms with Crippen LogP contribution in [-0.4, -0.2) is 5.17 Å². The zero-order valence-corrected chi connectivity index (χ0v) is 16.8. The second kappa shape index (κ2) is 9.12. The van der Waals surface area contributed by atoms with E-state index in [1.807, 2.05) is 0 Å². The highest BCUT2D eigenvalue weighted by Crippen LogP contribution is 2.38. The molecule has 3 aromatic carbocycles. The predicted octanol–water partition coefficient (Wildman–Crippen LogP) is 6.09. The molecule has 2 atom stereocenters. The van der Waals surface area contributed by atoms with Crippen LogP contribution in [0.2, 0.25) is 0 Å². The largest absolute Gasteiger partial charge is 0.356 e. The van der Waals surface area contributed by atoms with Gasteiger partial charge in [-0.05, 0) is 23.6 Å². The van der Waals surface area contributed by atoms with Crippen LogP contribution in [0.15, 0.2) is 89.9 Å². The van der Waals surface area contributed by atoms with Crippen molar-refractivity contribution in [1.82, 2.24) is 5.32 Å². The van der Waals surface area contributed by atoms with Crippen LogP contribution in [-0.2, 0) is 5.75 Å². The van der Waals surface area contributed by atoms with E-state index in [1.54, 1.807) is 11.8 Å². The summed E-state index contributed by atoms with van der Waals surface area (Å²) in [6.45, 7) is 2.14. The molecular formula is C23H23ClN2S. The molecule has 1 aliphatic heterocycles. The lowest BCUT2D eigenvalue weighted by Gasteiger charge is -2.19. The molecule has 0 spiro atoms. The topological polar surface area (TPSA) is 24.4 Å². The summed E-state index contributed by atoms with van der Waals surface area (Å²) in [5, 5.41) is 4.68. The van der Waals surface area contributed by atoms with E-state index in [1.165, 1.54) is 22.3 Å². The number of rotatable bonds is 4. The van der Waals surface area contributed by atoms with Gasteiger partial charge in [-0.15, -0.1) is 12.4 Å². The fourth-order valence-corrected chi connectivity index (χ4v) is 4.21. The Morgan fingerprint density at radius 3 is 2.19 bits per heavy atom. The molecule has 138 valence electrons. The number of amidine groups is 1. The Morgan fingerprint density at radius 2 is 1.52 bits per heavy atom. The summed E-state index contributed by atoms with van der Waals surface area (Å²) in [7, 11) is 0. The molecule has 0 aliphatic carbocycles. The monoisotopic (exact) mass is 394 g/mol. The van der Waals surface area contributed by atoms with Crippen molar-refractivity contribution in [2.75, 3.05) is 0 Å². The van der Waals surface area contributed by atoms with E-state index in [-0.39, 0.29) is 24.5 Å². The van der Waals surface area contributed by atoms with Crippen LogP contribution >= 0.6 is 24.2 Å². The number of hydrogen-bond donors (Lipinski definition) is 1. The van der Waals surface area contributed by atoms with Crippen molar-refractivity contribution in [3.05, 3.63) is 107 Å². The van der Waals surface area contributed by atoms with Gasteiger partial charge >= 0.3 is 0 Å². The average molecular weight is 395 g/mol. The van der Waals surface area contributed by atoms with E-state index in [0.717, 1.165) is 10.9 Å². The molecule has 0 fully saturated rings. The Bertz CT molecular complexity index is 897. The standard InChI is InChI=1S/C23H22N2S.ClH/c1-17-9-8-10-18(15-17)16-26-23-24-21(19-11-4-2-5-12-19)22(25-23)20-13-6-3-7-14-20;/h2-15,21-22H,16H2,1H3,(H,24,25);1H. The summed E-state index contributed by atoms with van der Waals surface area (Å²) >= 11 is 1.78. The van der Waals surface area contributed by atoms with Crippen molar-refractivity contribution in [2.45, 2.75) is 24.8 Å². The molecule has 2 unspecified atom stereocenters. The lowest BCUT2D eigenvalue weighted by Crippen LogP contribution is -2.22. The predicted molar refractivity (Wildman–Crippen MR) is 119 cm³/mol. The van der Waals surface area contributed by atoms with Crippen molar-refractivity contribution in [3.8, 4) is 0 Å². The Morgan fingerprint density at radius 1 is 0.852 bits per heavy atom. The minimum Gasteiger partial charge on any atom is -0.356 e. The van der Waals surface area contributed by atoms with Gasteiger partial charge in [0.1, 0.15) is 6.04 Å². The van der Waals surface area contributed by atoms with Crippen molar-refractivity contribution < 1.29 is 0 Å². The van der Waals surface area contributed by atoms with Crippen LogP contribution in [0.1, 0.15) is 34.3 Å². The smallest absolute Gasteiger partial charge is 0.158 e. The van der Waals surface area contributed by atoms with Crippen molar-refractivity contribution in [3.63, 3.8) is 0 Å². The maximum absolute atomic E-state index is 5.02. The second-order valence-corrected chi connectivity index (χ2v) is 7.56. The van der Waals surface area contributed by atoms with Crippen LogP contribution in [0.25, 0.3) is 0 Å². The van der Waals surface area contributed by atoms with Gasteiger partial charge in [-0.25, -0.2) is 0 Å². The van der Waals surface area contributed by atoms with Crippen LogP contribution in [0.5, 0.6) is 0 Å². The zero-order valence-electron chi connectivity index (χ0n) is 15.2. The number of nitrogens with zero attached hydrogens (tertiary/aromatic N) is 1. The number of nitrogens with one attached hydrogen (secondary N) is 1. The summed E-state index contributed by atoms with van der Waals surface area (Å²) in [5.74, 6) is 0.927. The van der Waals surface area contributed by atoms with Crippen LogP contribution in [0.4, 0.5) is 0 Å². The molecule has 0 aromatic heterocycles. The zero-order chi connectivity index (χ0) is 17.8. The number of hydrogen-bond acceptors (Lipinski definition) is 3. The summed E-state index contributed by atoms with van der Waals surface area (Å²) in [5.41, 5.74) is 5.16. The SMILES string of the molecule is Cc1cccc(CSC2=NC(c3ccccc3)C(c3ccccc3)N2)c1.Cl. The number of thioether (sulfide) groups is 1. The van der Waals surface area contributed by atoms with Gasteiger partial charge in [0.25, 0.3) is 0 Å². The third-order valence-corrected chi connectivity index (χ3v) is 5.58. The minimum absolute atomic E-state index is 0. The molecule has 0 amide bonds. The molecule has 4 heteroatoms. The Hall–Kier alpha value is -2.23. The molecule has 2 nitrogen and oxygen atoms in total. The summed E-state index contributed by atoms with van der Waals surface area (Å²) < 4.78 is 0. The van der Waals surface area contributed by atoms with Gasteiger partial charge in [-0.3, -0.25) is 4.99 Å². The van der Waals surface area contributed by atoms with Gasteiger partial charge in [0.15, 0.2) is 5.17 Å². The molecule has 0 saturated heterocycles. The van der Waals surface area contributed by atoms with Gasteiger partial charge in [0.05, 0.1) is 6.04 Å². The first-order chi connectivity index (χ1) is 12.8. The molecule has 0 radical (unpaired) electrons. The fourth-order valence-electron chi connectivity index (χ4n) is 3.33. The van der Waals surface area contributed by atoms with Gasteiger partial charge in [-0.2, -0.15) is 0 Å². The quantitative estimate of drug-likeness (QED) is 0.578. The Kier molecular flexibility index (Phi) is 6.59. The molecule has 1 N–H and O–H groups in total. The molecule has 1 heterocycles. The van der Waals surface area contributed by atoms with Gasteiger partial charge in [0.2, 0.25) is 0 Å². The highest BCUT2D eigenvalue weighted by atomic mass is 35.5. The van der Waals surface area contributed by atoms with Crippen molar-refractivity contribution in [1.29, 1.82) is 0 Å². The first-order valence-electron chi connectivity index (χ1n) is 8.92. The molecule has 4 rings (SSSR count). The van der Waals surface area contributed by atoms with Crippen LogP contribution in [0.3, 0.4) is 0 Å². The third kappa shape index (κ3) is 4.74. The van der Waals surface area contributed by atoms with E-state index in [4.69, 9.17) is 4.99 Å². The average Bonchev–Trinajstić information content (AvgIpc) is 3.12. The van der Waals surface area contributed by atoms with Crippen LogP contribution < -0.4 is 5.32 Å². The maximum Gasteiger partial charge on any atom is 0.158 e. The molecular weight excluding hydrogens is 372 g/mol. The van der Waals surface area contributed by atoms with E-state index in [2.05, 4.69) is 97.2 Å². The molecule has 3 aromatic rings. The summed E-state index contributed by atoms with van der Waals surface area (Å²) in [6, 6.07) is 30.1. The van der Waals surface area contributed by atoms with E-state index in [9.17, 15) is 0 Å². The Labute approximate surface area is 171 Å². The first kappa shape index (κ1) is 19.5.